The Morgan fingerprint density at radius 2 is 2.45 bits per heavy atom. The molecule has 1 fully saturated rings. The van der Waals surface area contributed by atoms with E-state index in [1.54, 1.807) is 6.20 Å². The zero-order valence-electron chi connectivity index (χ0n) is 12.5. The van der Waals surface area contributed by atoms with Gasteiger partial charge in [0.05, 0.1) is 30.0 Å². The summed E-state index contributed by atoms with van der Waals surface area (Å²) in [5, 5.41) is 5.76. The van der Waals surface area contributed by atoms with Gasteiger partial charge in [0.2, 0.25) is 5.91 Å². The van der Waals surface area contributed by atoms with Crippen LogP contribution in [0.3, 0.4) is 0 Å². The zero-order valence-corrected chi connectivity index (χ0v) is 13.3. The molecule has 0 spiro atoms. The van der Waals surface area contributed by atoms with Crippen molar-refractivity contribution < 1.29 is 9.53 Å². The predicted octanol–water partition coefficient (Wildman–Crippen LogP) is 2.43. The number of carbonyl (C=O) groups is 1. The number of pyridine rings is 1. The van der Waals surface area contributed by atoms with Crippen LogP contribution in [0.15, 0.2) is 29.8 Å². The summed E-state index contributed by atoms with van der Waals surface area (Å²) in [4.78, 5) is 20.9. The molecule has 5 nitrogen and oxygen atoms in total. The molecule has 0 bridgehead atoms. The van der Waals surface area contributed by atoms with E-state index < -0.39 is 0 Å². The Labute approximate surface area is 133 Å². The fourth-order valence-corrected chi connectivity index (χ4v) is 3.35. The van der Waals surface area contributed by atoms with Crippen molar-refractivity contribution in [2.75, 3.05) is 6.61 Å². The van der Waals surface area contributed by atoms with E-state index in [1.807, 2.05) is 30.5 Å². The van der Waals surface area contributed by atoms with E-state index in [1.165, 1.54) is 11.3 Å². The van der Waals surface area contributed by atoms with Gasteiger partial charge in [0, 0.05) is 18.2 Å². The highest BCUT2D eigenvalue weighted by molar-refractivity contribution is 7.13. The third-order valence-electron chi connectivity index (χ3n) is 3.69. The van der Waals surface area contributed by atoms with E-state index in [4.69, 9.17) is 4.74 Å². The molecular weight excluding hydrogens is 298 g/mol. The van der Waals surface area contributed by atoms with Crippen LogP contribution in [0.25, 0.3) is 10.7 Å². The van der Waals surface area contributed by atoms with E-state index in [0.717, 1.165) is 35.8 Å². The van der Waals surface area contributed by atoms with Gasteiger partial charge in [-0.1, -0.05) is 6.07 Å². The minimum atomic E-state index is -0.0131. The monoisotopic (exact) mass is 317 g/mol. The normalized spacial score (nSPS) is 19.0. The highest BCUT2D eigenvalue weighted by Crippen LogP contribution is 2.21. The summed E-state index contributed by atoms with van der Waals surface area (Å²) in [5.41, 5.74) is 1.62. The maximum atomic E-state index is 12.1. The number of hydrogen-bond acceptors (Lipinski definition) is 5. The second kappa shape index (κ2) is 6.98. The van der Waals surface area contributed by atoms with Crippen molar-refractivity contribution in [1.29, 1.82) is 0 Å². The molecule has 1 saturated heterocycles. The summed E-state index contributed by atoms with van der Waals surface area (Å²) >= 11 is 1.51. The van der Waals surface area contributed by atoms with Crippen molar-refractivity contribution in [3.8, 4) is 10.7 Å². The van der Waals surface area contributed by atoms with Crippen LogP contribution >= 0.6 is 11.3 Å². The van der Waals surface area contributed by atoms with Crippen LogP contribution in [-0.4, -0.2) is 34.6 Å². The summed E-state index contributed by atoms with van der Waals surface area (Å²) in [6.45, 7) is 2.79. The summed E-state index contributed by atoms with van der Waals surface area (Å²) in [6, 6.07) is 5.77. The number of amides is 1. The maximum absolute atomic E-state index is 12.1. The first kappa shape index (κ1) is 15.1. The number of thiazole rings is 1. The molecule has 116 valence electrons. The van der Waals surface area contributed by atoms with Crippen LogP contribution in [0, 0.1) is 0 Å². The van der Waals surface area contributed by atoms with Gasteiger partial charge >= 0.3 is 0 Å². The fraction of sp³-hybridized carbons (Fsp3) is 0.438. The molecule has 1 N–H and O–H groups in total. The molecule has 2 aromatic rings. The summed E-state index contributed by atoms with van der Waals surface area (Å²) < 4.78 is 5.59. The molecule has 2 unspecified atom stereocenters. The highest BCUT2D eigenvalue weighted by Gasteiger charge is 2.23. The molecule has 0 saturated carbocycles. The molecule has 0 radical (unpaired) electrons. The van der Waals surface area contributed by atoms with Crippen molar-refractivity contribution >= 4 is 17.2 Å². The highest BCUT2D eigenvalue weighted by atomic mass is 32.1. The Bertz CT molecular complexity index is 623. The number of nitrogens with one attached hydrogen (secondary N) is 1. The Balaban J connectivity index is 1.57. The van der Waals surface area contributed by atoms with Gasteiger partial charge in [-0.2, -0.15) is 0 Å². The van der Waals surface area contributed by atoms with Gasteiger partial charge in [-0.3, -0.25) is 9.78 Å². The van der Waals surface area contributed by atoms with Gasteiger partial charge < -0.3 is 10.1 Å². The summed E-state index contributed by atoms with van der Waals surface area (Å²) in [6.07, 6.45) is 4.27. The predicted molar refractivity (Wildman–Crippen MR) is 85.6 cm³/mol. The quantitative estimate of drug-likeness (QED) is 0.920. The lowest BCUT2D eigenvalue weighted by Gasteiger charge is -2.19. The lowest BCUT2D eigenvalue weighted by atomic mass is 10.1. The Kier molecular flexibility index (Phi) is 4.80. The standard InChI is InChI=1S/C16H19N3O2S/c1-11(14-6-4-8-21-14)18-15(20)9-12-10-22-16(19-12)13-5-2-3-7-17-13/h2-3,5,7,10-11,14H,4,6,8-9H2,1H3,(H,18,20). The first-order chi connectivity index (χ1) is 10.7. The first-order valence-corrected chi connectivity index (χ1v) is 8.37. The van der Waals surface area contributed by atoms with Gasteiger partial charge in [-0.15, -0.1) is 11.3 Å². The lowest BCUT2D eigenvalue weighted by Crippen LogP contribution is -2.41. The van der Waals surface area contributed by atoms with Crippen molar-refractivity contribution in [2.45, 2.75) is 38.3 Å². The molecule has 1 aliphatic heterocycles. The zero-order chi connectivity index (χ0) is 15.4. The third kappa shape index (κ3) is 3.69. The topological polar surface area (TPSA) is 64.1 Å². The van der Waals surface area contributed by atoms with Gasteiger partial charge in [-0.05, 0) is 31.9 Å². The van der Waals surface area contributed by atoms with Crippen LogP contribution in [0.1, 0.15) is 25.5 Å². The maximum Gasteiger partial charge on any atom is 0.226 e. The minimum absolute atomic E-state index is 0.0131. The number of aromatic nitrogens is 2. The molecule has 0 aromatic carbocycles. The molecule has 0 aliphatic carbocycles. The number of rotatable bonds is 5. The molecule has 2 aromatic heterocycles. The minimum Gasteiger partial charge on any atom is -0.376 e. The Morgan fingerprint density at radius 1 is 1.55 bits per heavy atom. The first-order valence-electron chi connectivity index (χ1n) is 7.49. The SMILES string of the molecule is CC(NC(=O)Cc1csc(-c2ccccn2)n1)C1CCCO1. The molecule has 6 heteroatoms. The Hall–Kier alpha value is -1.79. The second-order valence-electron chi connectivity index (χ2n) is 5.44. The molecule has 3 rings (SSSR count). The van der Waals surface area contributed by atoms with E-state index >= 15 is 0 Å². The van der Waals surface area contributed by atoms with E-state index in [9.17, 15) is 4.79 Å². The lowest BCUT2D eigenvalue weighted by molar-refractivity contribution is -0.121. The van der Waals surface area contributed by atoms with Crippen LogP contribution in [0.2, 0.25) is 0 Å². The van der Waals surface area contributed by atoms with Gasteiger partial charge in [-0.25, -0.2) is 4.98 Å². The average molecular weight is 317 g/mol. The van der Waals surface area contributed by atoms with Crippen LogP contribution in [0.4, 0.5) is 0 Å². The van der Waals surface area contributed by atoms with Crippen molar-refractivity contribution in [3.63, 3.8) is 0 Å². The van der Waals surface area contributed by atoms with Crippen molar-refractivity contribution in [3.05, 3.63) is 35.5 Å². The largest absolute Gasteiger partial charge is 0.376 e. The number of carbonyl (C=O) groups excluding carboxylic acids is 1. The molecule has 1 amide bonds. The smallest absolute Gasteiger partial charge is 0.226 e. The summed E-state index contributed by atoms with van der Waals surface area (Å²) in [5.74, 6) is -0.0131. The van der Waals surface area contributed by atoms with E-state index in [-0.39, 0.29) is 18.1 Å². The fourth-order valence-electron chi connectivity index (χ4n) is 2.55. The molecule has 22 heavy (non-hydrogen) atoms. The molecule has 2 atom stereocenters. The molecule has 1 aliphatic rings. The van der Waals surface area contributed by atoms with Crippen LogP contribution in [0.5, 0.6) is 0 Å². The van der Waals surface area contributed by atoms with E-state index in [2.05, 4.69) is 15.3 Å². The van der Waals surface area contributed by atoms with Crippen molar-refractivity contribution in [1.82, 2.24) is 15.3 Å². The second-order valence-corrected chi connectivity index (χ2v) is 6.30. The third-order valence-corrected chi connectivity index (χ3v) is 4.60. The molecular formula is C16H19N3O2S. The van der Waals surface area contributed by atoms with Gasteiger partial charge in [0.25, 0.3) is 0 Å². The Morgan fingerprint density at radius 3 is 3.18 bits per heavy atom. The number of ether oxygens (including phenoxy) is 1. The van der Waals surface area contributed by atoms with Gasteiger partial charge in [0.15, 0.2) is 0 Å². The van der Waals surface area contributed by atoms with Gasteiger partial charge in [0.1, 0.15) is 5.01 Å². The van der Waals surface area contributed by atoms with E-state index in [0.29, 0.717) is 6.42 Å². The number of hydrogen-bond donors (Lipinski definition) is 1. The summed E-state index contributed by atoms with van der Waals surface area (Å²) in [7, 11) is 0. The number of nitrogens with zero attached hydrogens (tertiary/aromatic N) is 2. The average Bonchev–Trinajstić information content (AvgIpc) is 3.19. The van der Waals surface area contributed by atoms with Crippen LogP contribution < -0.4 is 5.32 Å². The van der Waals surface area contributed by atoms with Crippen molar-refractivity contribution in [2.24, 2.45) is 0 Å². The van der Waals surface area contributed by atoms with Crippen LogP contribution in [-0.2, 0) is 16.0 Å². The molecule has 3 heterocycles.